The topological polar surface area (TPSA) is 75.1 Å². The fourth-order valence-electron chi connectivity index (χ4n) is 2.92. The summed E-state index contributed by atoms with van der Waals surface area (Å²) in [6.07, 6.45) is 1.70. The van der Waals surface area contributed by atoms with Crippen molar-refractivity contribution in [3.63, 3.8) is 0 Å². The Morgan fingerprint density at radius 1 is 1.18 bits per heavy atom. The Morgan fingerprint density at radius 3 is 2.71 bits per heavy atom. The standard InChI is InChI=1S/C21H26N6O/c1-4-27-15-23-25-20(27)17-9-8-10-18(13-17)24-21(28)22-14-16(2)26(3)19-11-6-5-7-12-19/h5-13,15-16H,4,14H2,1-3H3,(H2,22,24,28)/t16-/m1/s1. The van der Waals surface area contributed by atoms with Crippen LogP contribution in [0.1, 0.15) is 13.8 Å². The second kappa shape index (κ2) is 9.03. The lowest BCUT2D eigenvalue weighted by atomic mass is 10.2. The van der Waals surface area contributed by atoms with Crippen LogP contribution < -0.4 is 15.5 Å². The molecule has 1 aromatic heterocycles. The number of anilines is 2. The van der Waals surface area contributed by atoms with Gasteiger partial charge in [0.05, 0.1) is 0 Å². The maximum Gasteiger partial charge on any atom is 0.319 e. The first-order chi connectivity index (χ1) is 13.6. The van der Waals surface area contributed by atoms with Gasteiger partial charge in [0.2, 0.25) is 0 Å². The Labute approximate surface area is 165 Å². The Hall–Kier alpha value is -3.35. The number of benzene rings is 2. The number of aromatic nitrogens is 3. The van der Waals surface area contributed by atoms with E-state index < -0.39 is 0 Å². The van der Waals surface area contributed by atoms with E-state index in [1.807, 2.05) is 61.0 Å². The van der Waals surface area contributed by atoms with Crippen LogP contribution in [0.3, 0.4) is 0 Å². The van der Waals surface area contributed by atoms with Crippen LogP contribution in [0.5, 0.6) is 0 Å². The highest BCUT2D eigenvalue weighted by molar-refractivity contribution is 5.90. The largest absolute Gasteiger partial charge is 0.370 e. The van der Waals surface area contributed by atoms with Crippen molar-refractivity contribution in [3.8, 4) is 11.4 Å². The van der Waals surface area contributed by atoms with Gasteiger partial charge in [-0.1, -0.05) is 30.3 Å². The molecule has 1 atom stereocenters. The average molecular weight is 378 g/mol. The molecule has 28 heavy (non-hydrogen) atoms. The third-order valence-corrected chi connectivity index (χ3v) is 4.72. The summed E-state index contributed by atoms with van der Waals surface area (Å²) in [7, 11) is 2.02. The zero-order chi connectivity index (χ0) is 19.9. The smallest absolute Gasteiger partial charge is 0.319 e. The van der Waals surface area contributed by atoms with E-state index in [0.717, 1.165) is 23.6 Å². The molecule has 7 nitrogen and oxygen atoms in total. The molecule has 0 radical (unpaired) electrons. The lowest BCUT2D eigenvalue weighted by molar-refractivity contribution is 0.251. The summed E-state index contributed by atoms with van der Waals surface area (Å²) in [5, 5.41) is 13.9. The molecule has 146 valence electrons. The molecule has 0 aliphatic rings. The lowest BCUT2D eigenvalue weighted by Crippen LogP contribution is -2.41. The van der Waals surface area contributed by atoms with E-state index in [9.17, 15) is 4.79 Å². The summed E-state index contributed by atoms with van der Waals surface area (Å²) in [6.45, 7) is 5.43. The number of aryl methyl sites for hydroxylation is 1. The number of para-hydroxylation sites is 1. The molecule has 0 saturated heterocycles. The maximum atomic E-state index is 12.3. The van der Waals surface area contributed by atoms with Gasteiger partial charge >= 0.3 is 6.03 Å². The van der Waals surface area contributed by atoms with Crippen molar-refractivity contribution in [2.24, 2.45) is 0 Å². The second-order valence-electron chi connectivity index (χ2n) is 6.65. The van der Waals surface area contributed by atoms with Gasteiger partial charge in [-0.05, 0) is 38.1 Å². The zero-order valence-electron chi connectivity index (χ0n) is 16.5. The number of carbonyl (C=O) groups excluding carboxylic acids is 1. The van der Waals surface area contributed by atoms with Gasteiger partial charge in [0.1, 0.15) is 6.33 Å². The molecule has 0 aliphatic carbocycles. The molecule has 2 amide bonds. The van der Waals surface area contributed by atoms with Crippen LogP contribution in [0.25, 0.3) is 11.4 Å². The van der Waals surface area contributed by atoms with Crippen molar-refractivity contribution in [1.29, 1.82) is 0 Å². The molecule has 0 spiro atoms. The van der Waals surface area contributed by atoms with Gasteiger partial charge in [0, 0.05) is 43.1 Å². The van der Waals surface area contributed by atoms with E-state index in [-0.39, 0.29) is 12.1 Å². The van der Waals surface area contributed by atoms with Crippen LogP contribution in [0.2, 0.25) is 0 Å². The van der Waals surface area contributed by atoms with E-state index in [1.54, 1.807) is 6.33 Å². The third kappa shape index (κ3) is 4.68. The summed E-state index contributed by atoms with van der Waals surface area (Å²) in [5.74, 6) is 0.782. The number of rotatable bonds is 7. The van der Waals surface area contributed by atoms with Gasteiger partial charge in [-0.2, -0.15) is 0 Å². The summed E-state index contributed by atoms with van der Waals surface area (Å²) >= 11 is 0. The Morgan fingerprint density at radius 2 is 1.96 bits per heavy atom. The molecular formula is C21H26N6O. The van der Waals surface area contributed by atoms with E-state index in [2.05, 4.69) is 44.8 Å². The molecule has 0 unspecified atom stereocenters. The van der Waals surface area contributed by atoms with Crippen LogP contribution in [-0.4, -0.2) is 40.4 Å². The first-order valence-corrected chi connectivity index (χ1v) is 9.39. The minimum Gasteiger partial charge on any atom is -0.370 e. The van der Waals surface area contributed by atoms with Crippen LogP contribution in [-0.2, 0) is 6.54 Å². The molecule has 0 bridgehead atoms. The van der Waals surface area contributed by atoms with Crippen LogP contribution >= 0.6 is 0 Å². The van der Waals surface area contributed by atoms with Gasteiger partial charge in [-0.25, -0.2) is 4.79 Å². The number of amides is 2. The van der Waals surface area contributed by atoms with Crippen molar-refractivity contribution < 1.29 is 4.79 Å². The second-order valence-corrected chi connectivity index (χ2v) is 6.65. The molecule has 2 aromatic carbocycles. The molecule has 0 saturated carbocycles. The van der Waals surface area contributed by atoms with Crippen molar-refractivity contribution >= 4 is 17.4 Å². The Bertz CT molecular complexity index is 908. The monoisotopic (exact) mass is 378 g/mol. The molecule has 0 aliphatic heterocycles. The molecule has 0 fully saturated rings. The number of hydrogen-bond acceptors (Lipinski definition) is 4. The zero-order valence-corrected chi connectivity index (χ0v) is 16.5. The fourth-order valence-corrected chi connectivity index (χ4v) is 2.92. The molecule has 7 heteroatoms. The predicted octanol–water partition coefficient (Wildman–Crippen LogP) is 3.61. The van der Waals surface area contributed by atoms with Crippen molar-refractivity contribution in [1.82, 2.24) is 20.1 Å². The van der Waals surface area contributed by atoms with Crippen LogP contribution in [0.15, 0.2) is 60.9 Å². The van der Waals surface area contributed by atoms with Gasteiger partial charge in [-0.3, -0.25) is 0 Å². The molecule has 2 N–H and O–H groups in total. The van der Waals surface area contributed by atoms with E-state index in [1.165, 1.54) is 0 Å². The predicted molar refractivity (Wildman–Crippen MR) is 112 cm³/mol. The summed E-state index contributed by atoms with van der Waals surface area (Å²) in [5.41, 5.74) is 2.74. The summed E-state index contributed by atoms with van der Waals surface area (Å²) < 4.78 is 1.96. The number of likely N-dealkylation sites (N-methyl/N-ethyl adjacent to an activating group) is 1. The fraction of sp³-hybridized carbons (Fsp3) is 0.286. The molecule has 1 heterocycles. The van der Waals surface area contributed by atoms with Gasteiger partial charge in [0.25, 0.3) is 0 Å². The number of nitrogens with zero attached hydrogens (tertiary/aromatic N) is 4. The number of urea groups is 1. The highest BCUT2D eigenvalue weighted by Crippen LogP contribution is 2.20. The van der Waals surface area contributed by atoms with Gasteiger partial charge in [-0.15, -0.1) is 10.2 Å². The Kier molecular flexibility index (Phi) is 6.26. The van der Waals surface area contributed by atoms with E-state index in [0.29, 0.717) is 12.2 Å². The van der Waals surface area contributed by atoms with E-state index >= 15 is 0 Å². The summed E-state index contributed by atoms with van der Waals surface area (Å²) in [6, 6.07) is 17.6. The quantitative estimate of drug-likeness (QED) is 0.659. The first kappa shape index (κ1) is 19.4. The maximum absolute atomic E-state index is 12.3. The SMILES string of the molecule is CCn1cnnc1-c1cccc(NC(=O)NC[C@@H](C)N(C)c2ccccc2)c1. The third-order valence-electron chi connectivity index (χ3n) is 4.72. The van der Waals surface area contributed by atoms with Gasteiger partial charge < -0.3 is 20.1 Å². The minimum atomic E-state index is -0.234. The van der Waals surface area contributed by atoms with Crippen molar-refractivity contribution in [2.75, 3.05) is 23.8 Å². The first-order valence-electron chi connectivity index (χ1n) is 9.39. The van der Waals surface area contributed by atoms with Crippen molar-refractivity contribution in [2.45, 2.75) is 26.4 Å². The van der Waals surface area contributed by atoms with Crippen LogP contribution in [0, 0.1) is 0 Å². The highest BCUT2D eigenvalue weighted by atomic mass is 16.2. The average Bonchev–Trinajstić information content (AvgIpc) is 3.21. The molecule has 3 rings (SSSR count). The number of carbonyl (C=O) groups is 1. The minimum absolute atomic E-state index is 0.155. The summed E-state index contributed by atoms with van der Waals surface area (Å²) in [4.78, 5) is 14.5. The lowest BCUT2D eigenvalue weighted by Gasteiger charge is -2.27. The molecular weight excluding hydrogens is 352 g/mol. The van der Waals surface area contributed by atoms with Crippen LogP contribution in [0.4, 0.5) is 16.2 Å². The van der Waals surface area contributed by atoms with Crippen molar-refractivity contribution in [3.05, 3.63) is 60.9 Å². The highest BCUT2D eigenvalue weighted by Gasteiger charge is 2.12. The normalized spacial score (nSPS) is 11.7. The van der Waals surface area contributed by atoms with E-state index in [4.69, 9.17) is 0 Å². The van der Waals surface area contributed by atoms with Gasteiger partial charge in [0.15, 0.2) is 5.82 Å². The Balaban J connectivity index is 1.57. The number of nitrogens with one attached hydrogen (secondary N) is 2. The number of hydrogen-bond donors (Lipinski definition) is 2. The molecule has 3 aromatic rings.